The van der Waals surface area contributed by atoms with Crippen LogP contribution in [0.4, 0.5) is 17.3 Å². The quantitative estimate of drug-likeness (QED) is 0.277. The molecule has 2 unspecified atom stereocenters. The van der Waals surface area contributed by atoms with Gasteiger partial charge in [0.1, 0.15) is 5.69 Å². The van der Waals surface area contributed by atoms with Gasteiger partial charge in [-0.05, 0) is 69.9 Å². The van der Waals surface area contributed by atoms with Gasteiger partial charge in [0.25, 0.3) is 0 Å². The summed E-state index contributed by atoms with van der Waals surface area (Å²) in [6.07, 6.45) is 2.50. The Balaban J connectivity index is 1.34. The zero-order chi connectivity index (χ0) is 30.9. The van der Waals surface area contributed by atoms with Crippen LogP contribution < -0.4 is 15.5 Å². The number of anilines is 2. The van der Waals surface area contributed by atoms with Gasteiger partial charge in [0.05, 0.1) is 40.4 Å². The summed E-state index contributed by atoms with van der Waals surface area (Å²) in [5.74, 6) is 1.80. The minimum absolute atomic E-state index is 0.228. The third-order valence-electron chi connectivity index (χ3n) is 9.24. The molecule has 4 aromatic heterocycles. The molecule has 0 bridgehead atoms. The molecule has 3 aliphatic rings. The first-order chi connectivity index (χ1) is 21.1. The molecule has 12 heteroatoms. The van der Waals surface area contributed by atoms with Gasteiger partial charge in [-0.25, -0.2) is 19.0 Å². The minimum Gasteiger partial charge on any atom is -0.396 e. The molecule has 7 rings (SSSR count). The maximum Gasteiger partial charge on any atom is 0.177 e. The molecule has 12 nitrogen and oxygen atoms in total. The molecule has 0 radical (unpaired) electrons. The summed E-state index contributed by atoms with van der Waals surface area (Å²) in [7, 11) is 0. The fourth-order valence-corrected chi connectivity index (χ4v) is 6.34. The number of nitrogens with zero attached hydrogens (tertiary/aromatic N) is 8. The molecule has 2 saturated heterocycles. The first-order valence-corrected chi connectivity index (χ1v) is 15.1. The Labute approximate surface area is 255 Å². The number of β-amino-alcohol motifs (C(OH)–C–C–N with tert-alkyl or cyclic N) is 2. The average molecular weight is 595 g/mol. The van der Waals surface area contributed by atoms with Crippen LogP contribution in [0, 0.1) is 33.1 Å². The van der Waals surface area contributed by atoms with Gasteiger partial charge in [0, 0.05) is 49.6 Å². The molecule has 0 amide bonds. The fourth-order valence-electron chi connectivity index (χ4n) is 6.34. The second-order valence-electron chi connectivity index (χ2n) is 12.2. The Morgan fingerprint density at radius 1 is 0.864 bits per heavy atom. The maximum atomic E-state index is 10.3. The summed E-state index contributed by atoms with van der Waals surface area (Å²) in [4.78, 5) is 14.1. The van der Waals surface area contributed by atoms with Gasteiger partial charge in [-0.3, -0.25) is 5.41 Å². The third-order valence-corrected chi connectivity index (χ3v) is 9.24. The zero-order valence-corrected chi connectivity index (χ0v) is 25.5. The highest BCUT2D eigenvalue weighted by molar-refractivity contribution is 6.50. The van der Waals surface area contributed by atoms with Crippen LogP contribution in [-0.2, 0) is 6.42 Å². The van der Waals surface area contributed by atoms with Gasteiger partial charge in [0.15, 0.2) is 17.5 Å². The molecular weight excluding hydrogens is 556 g/mol. The van der Waals surface area contributed by atoms with Crippen LogP contribution in [0.2, 0.25) is 0 Å². The van der Waals surface area contributed by atoms with Crippen LogP contribution in [0.1, 0.15) is 40.9 Å². The number of dihydropyridines is 1. The molecule has 228 valence electrons. The lowest BCUT2D eigenvalue weighted by Gasteiger charge is -2.18. The Morgan fingerprint density at radius 2 is 1.43 bits per heavy atom. The predicted molar refractivity (Wildman–Crippen MR) is 173 cm³/mol. The highest BCUT2D eigenvalue weighted by Crippen LogP contribution is 2.37. The van der Waals surface area contributed by atoms with Crippen LogP contribution in [-0.4, -0.2) is 85.1 Å². The summed E-state index contributed by atoms with van der Waals surface area (Å²) >= 11 is 0. The molecule has 7 heterocycles. The van der Waals surface area contributed by atoms with Gasteiger partial charge < -0.3 is 25.7 Å². The lowest BCUT2D eigenvalue weighted by molar-refractivity contribution is 0.198. The standard InChI is InChI=1S/C32H38N10O2/c1-17-5-7-27-23(31(37-41(27)19(17)3)39-11-9-21(43)15-39)13-26-24(33)14-25(34)30(35-26)36-29-28-8-6-18(2)20(4)42(28)38-32(29)40-12-10-22(44)16-40/h5-8,14,21-22,33,43-44H,9-13,15-16,34H2,1-4H3. The smallest absolute Gasteiger partial charge is 0.177 e. The normalized spacial score (nSPS) is 21.8. The molecule has 0 saturated carbocycles. The lowest BCUT2D eigenvalue weighted by atomic mass is 10.0. The fraction of sp³-hybridized carbons (Fsp3) is 0.406. The van der Waals surface area contributed by atoms with Gasteiger partial charge in [0.2, 0.25) is 0 Å². The Hall–Kier alpha value is -4.55. The van der Waals surface area contributed by atoms with E-state index in [0.29, 0.717) is 74.2 Å². The van der Waals surface area contributed by atoms with Crippen molar-refractivity contribution in [3.8, 4) is 0 Å². The summed E-state index contributed by atoms with van der Waals surface area (Å²) < 4.78 is 3.85. The van der Waals surface area contributed by atoms with Crippen molar-refractivity contribution in [2.45, 2.75) is 59.2 Å². The van der Waals surface area contributed by atoms with Gasteiger partial charge in [-0.2, -0.15) is 0 Å². The lowest BCUT2D eigenvalue weighted by Crippen LogP contribution is -2.27. The molecule has 44 heavy (non-hydrogen) atoms. The Kier molecular flexibility index (Phi) is 6.78. The van der Waals surface area contributed by atoms with Crippen molar-refractivity contribution in [3.63, 3.8) is 0 Å². The van der Waals surface area contributed by atoms with Crippen LogP contribution in [0.15, 0.2) is 46.0 Å². The molecule has 4 aromatic rings. The topological polar surface area (TPSA) is 156 Å². The van der Waals surface area contributed by atoms with Crippen molar-refractivity contribution in [1.82, 2.24) is 19.2 Å². The summed E-state index contributed by atoms with van der Waals surface area (Å²) in [5.41, 5.74) is 15.2. The first-order valence-electron chi connectivity index (χ1n) is 15.1. The Bertz CT molecular complexity index is 1930. The number of aliphatic hydroxyl groups is 2. The van der Waals surface area contributed by atoms with E-state index in [1.54, 1.807) is 6.08 Å². The van der Waals surface area contributed by atoms with Crippen LogP contribution >= 0.6 is 0 Å². The molecule has 3 aliphatic heterocycles. The summed E-state index contributed by atoms with van der Waals surface area (Å²) in [6, 6.07) is 8.20. The number of aliphatic hydroxyl groups excluding tert-OH is 2. The van der Waals surface area contributed by atoms with E-state index in [-0.39, 0.29) is 5.71 Å². The maximum absolute atomic E-state index is 10.3. The second kappa shape index (κ2) is 10.6. The Morgan fingerprint density at radius 3 is 2.05 bits per heavy atom. The number of amidine groups is 1. The zero-order valence-electron chi connectivity index (χ0n) is 25.5. The number of hydrogen-bond acceptors (Lipinski definition) is 9. The number of aliphatic imine (C=N–C) groups is 2. The predicted octanol–water partition coefficient (Wildman–Crippen LogP) is 2.95. The van der Waals surface area contributed by atoms with E-state index in [9.17, 15) is 10.2 Å². The van der Waals surface area contributed by atoms with Crippen molar-refractivity contribution in [2.24, 2.45) is 15.7 Å². The van der Waals surface area contributed by atoms with E-state index in [2.05, 4.69) is 34.9 Å². The number of allylic oxidation sites excluding steroid dienone is 1. The van der Waals surface area contributed by atoms with E-state index in [4.69, 9.17) is 31.3 Å². The van der Waals surface area contributed by atoms with Crippen LogP contribution in [0.25, 0.3) is 11.0 Å². The number of fused-ring (bicyclic) bond motifs is 2. The van der Waals surface area contributed by atoms with Crippen LogP contribution in [0.3, 0.4) is 0 Å². The van der Waals surface area contributed by atoms with E-state index in [1.807, 2.05) is 35.9 Å². The number of nitrogens with two attached hydrogens (primary N) is 1. The number of aromatic nitrogens is 4. The number of nitrogens with one attached hydrogen (secondary N) is 1. The highest BCUT2D eigenvalue weighted by atomic mass is 16.3. The average Bonchev–Trinajstić information content (AvgIpc) is 3.77. The van der Waals surface area contributed by atoms with Crippen molar-refractivity contribution in [3.05, 3.63) is 64.1 Å². The largest absolute Gasteiger partial charge is 0.396 e. The van der Waals surface area contributed by atoms with Crippen LogP contribution in [0.5, 0.6) is 0 Å². The van der Waals surface area contributed by atoms with Crippen molar-refractivity contribution < 1.29 is 10.2 Å². The minimum atomic E-state index is -0.419. The molecule has 2 fully saturated rings. The van der Waals surface area contributed by atoms with E-state index in [0.717, 1.165) is 44.9 Å². The SMILES string of the molecule is Cc1ccc2c(CC3=NC(=Nc4c(N5CCC(O)C5)nn5c(C)c(C)ccc45)C(N)=CC3=N)c(N3CCC(O)C3)nn2c1C. The number of pyridine rings is 2. The van der Waals surface area contributed by atoms with E-state index >= 15 is 0 Å². The molecule has 2 atom stereocenters. The van der Waals surface area contributed by atoms with Gasteiger partial charge in [-0.15, -0.1) is 10.2 Å². The third kappa shape index (κ3) is 4.65. The number of rotatable bonds is 5. The second-order valence-corrected chi connectivity index (χ2v) is 12.2. The molecule has 0 spiro atoms. The van der Waals surface area contributed by atoms with Crippen molar-refractivity contribution in [2.75, 3.05) is 36.0 Å². The monoisotopic (exact) mass is 594 g/mol. The highest BCUT2D eigenvalue weighted by Gasteiger charge is 2.30. The first kappa shape index (κ1) is 28.2. The van der Waals surface area contributed by atoms with Crippen molar-refractivity contribution in [1.29, 1.82) is 5.41 Å². The van der Waals surface area contributed by atoms with E-state index < -0.39 is 12.2 Å². The molecule has 0 aromatic carbocycles. The number of hydrogen-bond donors (Lipinski definition) is 4. The number of aryl methyl sites for hydroxylation is 4. The molecular formula is C32H38N10O2. The van der Waals surface area contributed by atoms with Gasteiger partial charge >= 0.3 is 0 Å². The van der Waals surface area contributed by atoms with Crippen molar-refractivity contribution >= 4 is 45.6 Å². The summed E-state index contributed by atoms with van der Waals surface area (Å²) in [5, 5.41) is 39.3. The van der Waals surface area contributed by atoms with Gasteiger partial charge in [-0.1, -0.05) is 12.1 Å². The van der Waals surface area contributed by atoms with E-state index in [1.165, 1.54) is 0 Å². The molecule has 0 aliphatic carbocycles. The molecule has 5 N–H and O–H groups in total. The summed E-state index contributed by atoms with van der Waals surface area (Å²) in [6.45, 7) is 10.6.